The molecule has 0 aromatic heterocycles. The number of hydrazone groups is 1. The summed E-state index contributed by atoms with van der Waals surface area (Å²) in [5, 5.41) is 8.19. The van der Waals surface area contributed by atoms with Crippen LogP contribution in [-0.4, -0.2) is 55.1 Å². The molecule has 0 bridgehead atoms. The Kier molecular flexibility index (Phi) is 6.46. The van der Waals surface area contributed by atoms with Gasteiger partial charge in [-0.15, -0.1) is 0 Å². The van der Waals surface area contributed by atoms with Crippen LogP contribution in [0.2, 0.25) is 0 Å². The van der Waals surface area contributed by atoms with E-state index in [1.54, 1.807) is 0 Å². The number of benzene rings is 1. The van der Waals surface area contributed by atoms with Gasteiger partial charge >= 0.3 is 0 Å². The van der Waals surface area contributed by atoms with Gasteiger partial charge in [-0.1, -0.05) is 24.3 Å². The lowest BCUT2D eigenvalue weighted by Gasteiger charge is -2.27. The van der Waals surface area contributed by atoms with Crippen LogP contribution in [0.4, 0.5) is 0 Å². The van der Waals surface area contributed by atoms with E-state index in [2.05, 4.69) is 10.4 Å². The van der Waals surface area contributed by atoms with Crippen molar-refractivity contribution in [2.75, 3.05) is 18.1 Å². The lowest BCUT2D eigenvalue weighted by Crippen LogP contribution is -2.43. The van der Waals surface area contributed by atoms with Gasteiger partial charge in [-0.05, 0) is 24.5 Å². The van der Waals surface area contributed by atoms with Crippen molar-refractivity contribution in [2.45, 2.75) is 45.4 Å². The topological polar surface area (TPSA) is 105 Å². The highest BCUT2D eigenvalue weighted by Gasteiger charge is 2.37. The van der Waals surface area contributed by atoms with Crippen LogP contribution in [0.5, 0.6) is 0 Å². The normalized spacial score (nSPS) is 21.5. The number of hydrogen-bond donors (Lipinski definition) is 1. The maximum absolute atomic E-state index is 12.5. The van der Waals surface area contributed by atoms with E-state index in [9.17, 15) is 18.0 Å². The number of carbonyl (C=O) groups excluding carboxylic acids is 2. The van der Waals surface area contributed by atoms with Crippen LogP contribution in [0.15, 0.2) is 29.4 Å². The van der Waals surface area contributed by atoms with Crippen LogP contribution in [0.3, 0.4) is 0 Å². The first kappa shape index (κ1) is 20.5. The highest BCUT2D eigenvalue weighted by atomic mass is 32.2. The van der Waals surface area contributed by atoms with Gasteiger partial charge in [-0.3, -0.25) is 9.59 Å². The average molecular weight is 407 g/mol. The van der Waals surface area contributed by atoms with E-state index < -0.39 is 15.9 Å². The van der Waals surface area contributed by atoms with Gasteiger partial charge in [0.2, 0.25) is 5.91 Å². The zero-order valence-electron chi connectivity index (χ0n) is 15.9. The molecule has 1 atom stereocenters. The molecule has 2 aliphatic rings. The summed E-state index contributed by atoms with van der Waals surface area (Å²) in [6.45, 7) is 3.50. The van der Waals surface area contributed by atoms with Crippen LogP contribution in [0, 0.1) is 0 Å². The molecule has 3 rings (SSSR count). The minimum Gasteiger partial charge on any atom is -0.377 e. The summed E-state index contributed by atoms with van der Waals surface area (Å²) in [5.41, 5.74) is 2.27. The first-order valence-corrected chi connectivity index (χ1v) is 11.2. The number of nitrogens with zero attached hydrogens (tertiary/aromatic N) is 2. The smallest absolute Gasteiger partial charge is 0.267 e. The van der Waals surface area contributed by atoms with Crippen molar-refractivity contribution in [3.63, 3.8) is 0 Å². The zero-order valence-corrected chi connectivity index (χ0v) is 16.7. The van der Waals surface area contributed by atoms with Gasteiger partial charge in [0.05, 0.1) is 24.2 Å². The number of sulfone groups is 1. The van der Waals surface area contributed by atoms with E-state index in [1.165, 1.54) is 5.01 Å². The molecule has 2 aliphatic heterocycles. The van der Waals surface area contributed by atoms with Gasteiger partial charge < -0.3 is 10.1 Å². The fraction of sp³-hybridized carbons (Fsp3) is 0.526. The molecule has 0 spiro atoms. The van der Waals surface area contributed by atoms with Crippen LogP contribution in [0.25, 0.3) is 0 Å². The third-order valence-corrected chi connectivity index (χ3v) is 6.58. The zero-order chi connectivity index (χ0) is 20.1. The van der Waals surface area contributed by atoms with Gasteiger partial charge in [-0.25, -0.2) is 13.4 Å². The van der Waals surface area contributed by atoms with Gasteiger partial charge in [0.25, 0.3) is 5.91 Å². The quantitative estimate of drug-likeness (QED) is 0.726. The molecule has 1 saturated heterocycles. The molecule has 1 fully saturated rings. The van der Waals surface area contributed by atoms with Gasteiger partial charge in [-0.2, -0.15) is 5.10 Å². The molecule has 0 radical (unpaired) electrons. The molecular formula is C19H25N3O5S. The van der Waals surface area contributed by atoms with Crippen molar-refractivity contribution in [1.29, 1.82) is 0 Å². The van der Waals surface area contributed by atoms with Crippen molar-refractivity contribution in [3.05, 3.63) is 35.4 Å². The average Bonchev–Trinajstić information content (AvgIpc) is 3.05. The van der Waals surface area contributed by atoms with Crippen molar-refractivity contribution < 1.29 is 22.7 Å². The van der Waals surface area contributed by atoms with Crippen molar-refractivity contribution >= 4 is 27.4 Å². The molecule has 1 aromatic rings. The van der Waals surface area contributed by atoms with E-state index in [-0.39, 0.29) is 41.9 Å². The molecule has 0 saturated carbocycles. The summed E-state index contributed by atoms with van der Waals surface area (Å²) in [6.07, 6.45) is 0.781. The molecule has 1 unspecified atom stereocenters. The van der Waals surface area contributed by atoms with Crippen LogP contribution < -0.4 is 5.32 Å². The predicted octanol–water partition coefficient (Wildman–Crippen LogP) is 1.00. The molecule has 2 heterocycles. The van der Waals surface area contributed by atoms with Crippen molar-refractivity contribution in [1.82, 2.24) is 10.3 Å². The summed E-state index contributed by atoms with van der Waals surface area (Å²) in [5.74, 6) is -0.608. The molecule has 8 nitrogen and oxygen atoms in total. The monoisotopic (exact) mass is 407 g/mol. The second-order valence-corrected chi connectivity index (χ2v) is 9.21. The van der Waals surface area contributed by atoms with Gasteiger partial charge in [0, 0.05) is 26.0 Å². The summed E-state index contributed by atoms with van der Waals surface area (Å²) < 4.78 is 28.7. The molecule has 152 valence electrons. The second kappa shape index (κ2) is 8.83. The van der Waals surface area contributed by atoms with E-state index in [4.69, 9.17) is 4.74 Å². The Morgan fingerprint density at radius 2 is 1.96 bits per heavy atom. The number of hydrogen-bond acceptors (Lipinski definition) is 6. The summed E-state index contributed by atoms with van der Waals surface area (Å²) >= 11 is 0. The minimum atomic E-state index is -3.13. The Balaban J connectivity index is 1.59. The Labute approximate surface area is 164 Å². The third-order valence-electron chi connectivity index (χ3n) is 4.82. The van der Waals surface area contributed by atoms with E-state index in [1.807, 2.05) is 31.2 Å². The Hall–Kier alpha value is -2.26. The van der Waals surface area contributed by atoms with E-state index >= 15 is 0 Å². The van der Waals surface area contributed by atoms with Crippen LogP contribution in [0.1, 0.15) is 37.3 Å². The van der Waals surface area contributed by atoms with Gasteiger partial charge in [0.15, 0.2) is 9.84 Å². The molecule has 1 N–H and O–H groups in total. The van der Waals surface area contributed by atoms with Gasteiger partial charge in [0.1, 0.15) is 5.71 Å². The Bertz CT molecular complexity index is 864. The minimum absolute atomic E-state index is 0.0534. The first-order chi connectivity index (χ1) is 13.4. The third kappa shape index (κ3) is 5.17. The number of rotatable bonds is 7. The fourth-order valence-electron chi connectivity index (χ4n) is 3.25. The number of nitrogens with one attached hydrogen (secondary N) is 1. The Morgan fingerprint density at radius 3 is 2.61 bits per heavy atom. The molecule has 1 aromatic carbocycles. The van der Waals surface area contributed by atoms with Crippen molar-refractivity contribution in [3.8, 4) is 0 Å². The summed E-state index contributed by atoms with van der Waals surface area (Å²) in [7, 11) is -3.13. The second-order valence-electron chi connectivity index (χ2n) is 6.98. The summed E-state index contributed by atoms with van der Waals surface area (Å²) in [6, 6.07) is 7.29. The molecule has 0 aliphatic carbocycles. The molecule has 28 heavy (non-hydrogen) atoms. The molecule has 2 amide bonds. The van der Waals surface area contributed by atoms with E-state index in [0.29, 0.717) is 26.2 Å². The van der Waals surface area contributed by atoms with Crippen LogP contribution >= 0.6 is 0 Å². The largest absolute Gasteiger partial charge is 0.377 e. The van der Waals surface area contributed by atoms with Crippen LogP contribution in [-0.2, 0) is 37.3 Å². The predicted molar refractivity (Wildman–Crippen MR) is 104 cm³/mol. The number of ether oxygens (including phenoxy) is 1. The lowest BCUT2D eigenvalue weighted by atomic mass is 10.1. The highest BCUT2D eigenvalue weighted by Crippen LogP contribution is 2.22. The number of carbonyl (C=O) groups is 2. The maximum atomic E-state index is 12.5. The van der Waals surface area contributed by atoms with Crippen molar-refractivity contribution in [2.24, 2.45) is 5.10 Å². The Morgan fingerprint density at radius 1 is 1.25 bits per heavy atom. The molecular weight excluding hydrogens is 382 g/mol. The summed E-state index contributed by atoms with van der Waals surface area (Å²) in [4.78, 5) is 24.6. The fourth-order valence-corrected chi connectivity index (χ4v) is 4.94. The highest BCUT2D eigenvalue weighted by molar-refractivity contribution is 7.91. The maximum Gasteiger partial charge on any atom is 0.267 e. The number of amides is 2. The SMILES string of the molecule is CCOCc1ccc(CNC(=O)C2=NN(C3CCS(=O)(=O)C3)C(=O)CC2)cc1. The lowest BCUT2D eigenvalue weighted by molar-refractivity contribution is -0.133. The first-order valence-electron chi connectivity index (χ1n) is 9.41. The standard InChI is InChI=1S/C19H25N3O5S/c1-2-27-12-15-5-3-14(4-6-15)11-20-19(24)17-7-8-18(23)22(21-17)16-9-10-28(25,26)13-16/h3-6,16H,2,7-13H2,1H3,(H,20,24). The molecule has 9 heteroatoms. The van der Waals surface area contributed by atoms with E-state index in [0.717, 1.165) is 11.1 Å².